The van der Waals surface area contributed by atoms with Gasteiger partial charge in [-0.05, 0) is 25.8 Å². The van der Waals surface area contributed by atoms with E-state index in [1.807, 2.05) is 13.0 Å². The fraction of sp³-hybridized carbons (Fsp3) is 0.417. The first-order valence-electron chi connectivity index (χ1n) is 5.39. The second kappa shape index (κ2) is 4.29. The van der Waals surface area contributed by atoms with Gasteiger partial charge in [0.25, 0.3) is 0 Å². The number of nitrogens with one attached hydrogen (secondary N) is 1. The molecular weight excluding hydrogens is 220 g/mol. The minimum Gasteiger partial charge on any atom is -0.397 e. The highest BCUT2D eigenvalue weighted by molar-refractivity contribution is 7.18. The summed E-state index contributed by atoms with van der Waals surface area (Å²) in [7, 11) is 0. The molecule has 1 aromatic rings. The van der Waals surface area contributed by atoms with E-state index in [1.165, 1.54) is 11.3 Å². The summed E-state index contributed by atoms with van der Waals surface area (Å²) < 4.78 is 0. The summed E-state index contributed by atoms with van der Waals surface area (Å²) in [5, 5.41) is 4.15. The predicted molar refractivity (Wildman–Crippen MR) is 69.1 cm³/mol. The van der Waals surface area contributed by atoms with Crippen molar-refractivity contribution in [3.63, 3.8) is 0 Å². The summed E-state index contributed by atoms with van der Waals surface area (Å²) in [5.41, 5.74) is 7.50. The van der Waals surface area contributed by atoms with E-state index in [0.29, 0.717) is 10.6 Å². The van der Waals surface area contributed by atoms with Crippen LogP contribution in [0.15, 0.2) is 18.2 Å². The monoisotopic (exact) mass is 236 g/mol. The van der Waals surface area contributed by atoms with Gasteiger partial charge in [0.1, 0.15) is 0 Å². The smallest absolute Gasteiger partial charge is 0.178 e. The predicted octanol–water partition coefficient (Wildman–Crippen LogP) is 2.91. The van der Waals surface area contributed by atoms with Gasteiger partial charge in [-0.2, -0.15) is 0 Å². The molecule has 3 N–H and O–H groups in total. The molecule has 1 aliphatic carbocycles. The SMILES string of the molecule is C=C(C)CNc1cc(N)c(C(=O)C2CC2)s1. The Bertz CT molecular complexity index is 432. The quantitative estimate of drug-likeness (QED) is 0.610. The molecule has 0 aromatic carbocycles. The molecule has 86 valence electrons. The number of hydrogen-bond acceptors (Lipinski definition) is 4. The fourth-order valence-corrected chi connectivity index (χ4v) is 2.45. The number of anilines is 2. The van der Waals surface area contributed by atoms with Crippen LogP contribution in [0.3, 0.4) is 0 Å². The summed E-state index contributed by atoms with van der Waals surface area (Å²) in [4.78, 5) is 12.6. The number of carbonyl (C=O) groups is 1. The van der Waals surface area contributed by atoms with Crippen LogP contribution >= 0.6 is 11.3 Å². The van der Waals surface area contributed by atoms with Crippen LogP contribution < -0.4 is 11.1 Å². The van der Waals surface area contributed by atoms with Crippen molar-refractivity contribution < 1.29 is 4.79 Å². The van der Waals surface area contributed by atoms with Crippen molar-refractivity contribution in [3.8, 4) is 0 Å². The lowest BCUT2D eigenvalue weighted by atomic mass is 10.2. The van der Waals surface area contributed by atoms with Crippen molar-refractivity contribution in [2.24, 2.45) is 5.92 Å². The Morgan fingerprint density at radius 2 is 2.38 bits per heavy atom. The molecule has 1 aliphatic rings. The van der Waals surface area contributed by atoms with Gasteiger partial charge in [-0.25, -0.2) is 0 Å². The van der Waals surface area contributed by atoms with E-state index < -0.39 is 0 Å². The number of carbonyl (C=O) groups excluding carboxylic acids is 1. The molecule has 4 heteroatoms. The maximum Gasteiger partial charge on any atom is 0.178 e. The third-order valence-corrected chi connectivity index (χ3v) is 3.62. The molecule has 2 rings (SSSR count). The Kier molecular flexibility index (Phi) is 3.01. The van der Waals surface area contributed by atoms with Crippen LogP contribution in [-0.4, -0.2) is 12.3 Å². The van der Waals surface area contributed by atoms with E-state index in [4.69, 9.17) is 5.73 Å². The van der Waals surface area contributed by atoms with Gasteiger partial charge in [-0.1, -0.05) is 12.2 Å². The van der Waals surface area contributed by atoms with Crippen LogP contribution in [0.4, 0.5) is 10.7 Å². The number of nitrogens with two attached hydrogens (primary N) is 1. The summed E-state index contributed by atoms with van der Waals surface area (Å²) in [6.07, 6.45) is 2.04. The van der Waals surface area contributed by atoms with E-state index in [-0.39, 0.29) is 11.7 Å². The molecule has 0 atom stereocenters. The first kappa shape index (κ1) is 11.2. The summed E-state index contributed by atoms with van der Waals surface area (Å²) in [6, 6.07) is 1.84. The Morgan fingerprint density at radius 3 is 2.94 bits per heavy atom. The summed E-state index contributed by atoms with van der Waals surface area (Å²) in [6.45, 7) is 6.49. The highest BCUT2D eigenvalue weighted by Gasteiger charge is 2.32. The first-order chi connectivity index (χ1) is 7.58. The van der Waals surface area contributed by atoms with Crippen LogP contribution in [0.25, 0.3) is 0 Å². The number of hydrogen-bond donors (Lipinski definition) is 2. The normalized spacial score (nSPS) is 14.8. The molecule has 1 saturated carbocycles. The number of nitrogen functional groups attached to an aromatic ring is 1. The lowest BCUT2D eigenvalue weighted by Crippen LogP contribution is -2.01. The Hall–Kier alpha value is -1.29. The van der Waals surface area contributed by atoms with E-state index >= 15 is 0 Å². The zero-order valence-corrected chi connectivity index (χ0v) is 10.2. The lowest BCUT2D eigenvalue weighted by molar-refractivity contribution is 0.0972. The van der Waals surface area contributed by atoms with Crippen LogP contribution in [-0.2, 0) is 0 Å². The number of thiophene rings is 1. The third-order valence-electron chi connectivity index (χ3n) is 2.50. The van der Waals surface area contributed by atoms with Gasteiger partial charge in [-0.3, -0.25) is 4.79 Å². The minimum atomic E-state index is 0.214. The molecule has 0 saturated heterocycles. The van der Waals surface area contributed by atoms with Crippen molar-refractivity contribution in [3.05, 3.63) is 23.1 Å². The average molecular weight is 236 g/mol. The van der Waals surface area contributed by atoms with Gasteiger partial charge >= 0.3 is 0 Å². The van der Waals surface area contributed by atoms with Crippen LogP contribution in [0.2, 0.25) is 0 Å². The highest BCUT2D eigenvalue weighted by atomic mass is 32.1. The molecular formula is C12H16N2OS. The maximum atomic E-state index is 11.9. The van der Waals surface area contributed by atoms with Crippen LogP contribution in [0.1, 0.15) is 29.4 Å². The van der Waals surface area contributed by atoms with Gasteiger partial charge < -0.3 is 11.1 Å². The van der Waals surface area contributed by atoms with Gasteiger partial charge in [0.05, 0.1) is 15.6 Å². The maximum absolute atomic E-state index is 11.9. The number of Topliss-reactive ketones (excluding diaryl/α,β-unsaturated/α-hetero) is 1. The van der Waals surface area contributed by atoms with Crippen LogP contribution in [0, 0.1) is 5.92 Å². The molecule has 0 unspecified atom stereocenters. The van der Waals surface area contributed by atoms with Gasteiger partial charge in [0.2, 0.25) is 0 Å². The van der Waals surface area contributed by atoms with Crippen molar-refractivity contribution in [2.45, 2.75) is 19.8 Å². The van der Waals surface area contributed by atoms with Crippen molar-refractivity contribution in [2.75, 3.05) is 17.6 Å². The third kappa shape index (κ3) is 2.44. The molecule has 0 radical (unpaired) electrons. The summed E-state index contributed by atoms with van der Waals surface area (Å²) >= 11 is 1.45. The molecule has 1 heterocycles. The lowest BCUT2D eigenvalue weighted by Gasteiger charge is -2.00. The van der Waals surface area contributed by atoms with E-state index in [0.717, 1.165) is 30.0 Å². The number of rotatable bonds is 5. The van der Waals surface area contributed by atoms with Gasteiger partial charge in [-0.15, -0.1) is 11.3 Å². The molecule has 1 fully saturated rings. The second-order valence-electron chi connectivity index (χ2n) is 4.34. The Morgan fingerprint density at radius 1 is 1.69 bits per heavy atom. The number of ketones is 1. The fourth-order valence-electron chi connectivity index (χ4n) is 1.45. The second-order valence-corrected chi connectivity index (χ2v) is 5.40. The average Bonchev–Trinajstić information content (AvgIpc) is 2.99. The highest BCUT2D eigenvalue weighted by Crippen LogP contribution is 2.38. The standard InChI is InChI=1S/C12H16N2OS/c1-7(2)6-14-10-5-9(13)12(16-10)11(15)8-3-4-8/h5,8,14H,1,3-4,6,13H2,2H3. The minimum absolute atomic E-state index is 0.214. The van der Waals surface area contributed by atoms with E-state index in [9.17, 15) is 4.79 Å². The molecule has 0 aliphatic heterocycles. The molecule has 16 heavy (non-hydrogen) atoms. The van der Waals surface area contributed by atoms with E-state index in [2.05, 4.69) is 11.9 Å². The molecule has 1 aromatic heterocycles. The van der Waals surface area contributed by atoms with Crippen LogP contribution in [0.5, 0.6) is 0 Å². The molecule has 0 amide bonds. The summed E-state index contributed by atoms with van der Waals surface area (Å²) in [5.74, 6) is 0.445. The topological polar surface area (TPSA) is 55.1 Å². The van der Waals surface area contributed by atoms with E-state index in [1.54, 1.807) is 0 Å². The molecule has 0 bridgehead atoms. The van der Waals surface area contributed by atoms with Gasteiger partial charge in [0, 0.05) is 12.5 Å². The first-order valence-corrected chi connectivity index (χ1v) is 6.21. The van der Waals surface area contributed by atoms with Crippen molar-refractivity contribution in [1.82, 2.24) is 0 Å². The molecule has 3 nitrogen and oxygen atoms in total. The Balaban J connectivity index is 2.08. The Labute approximate surface area is 99.3 Å². The zero-order valence-electron chi connectivity index (χ0n) is 9.38. The van der Waals surface area contributed by atoms with Gasteiger partial charge in [0.15, 0.2) is 5.78 Å². The zero-order chi connectivity index (χ0) is 11.7. The van der Waals surface area contributed by atoms with Crippen molar-refractivity contribution in [1.29, 1.82) is 0 Å². The van der Waals surface area contributed by atoms with Crippen molar-refractivity contribution >= 4 is 27.8 Å². The molecule has 0 spiro atoms. The largest absolute Gasteiger partial charge is 0.397 e.